The van der Waals surface area contributed by atoms with Gasteiger partial charge < -0.3 is 14.0 Å². The molecule has 3 heterocycles. The Kier molecular flexibility index (Phi) is 6.99. The number of carbonyl (C=O) groups excluding carboxylic acids is 1. The Balaban J connectivity index is 1.77. The minimum Gasteiger partial charge on any atom is -0.339 e. The number of amides is 1. The molecule has 0 radical (unpaired) electrons. The van der Waals surface area contributed by atoms with Crippen molar-refractivity contribution in [3.63, 3.8) is 0 Å². The van der Waals surface area contributed by atoms with Crippen LogP contribution < -0.4 is 0 Å². The molecule has 4 rings (SSSR count). The second-order valence-electron chi connectivity index (χ2n) is 9.45. The van der Waals surface area contributed by atoms with Crippen LogP contribution in [0.5, 0.6) is 0 Å². The molecule has 0 N–H and O–H groups in total. The van der Waals surface area contributed by atoms with Crippen LogP contribution in [0.15, 0.2) is 28.8 Å². The van der Waals surface area contributed by atoms with Crippen molar-refractivity contribution in [1.82, 2.24) is 19.6 Å². The van der Waals surface area contributed by atoms with Crippen molar-refractivity contribution in [1.29, 1.82) is 0 Å². The van der Waals surface area contributed by atoms with Crippen LogP contribution in [0.4, 0.5) is 13.2 Å². The first-order chi connectivity index (χ1) is 16.5. The maximum atomic E-state index is 14.3. The van der Waals surface area contributed by atoms with E-state index >= 15 is 0 Å². The van der Waals surface area contributed by atoms with E-state index in [2.05, 4.69) is 10.1 Å². The quantitative estimate of drug-likeness (QED) is 0.394. The number of carbonyl (C=O) groups is 1. The molecule has 35 heavy (non-hydrogen) atoms. The lowest BCUT2D eigenvalue weighted by Crippen LogP contribution is -2.39. The largest absolute Gasteiger partial charge is 0.431 e. The van der Waals surface area contributed by atoms with Crippen LogP contribution in [0.1, 0.15) is 66.1 Å². The number of hydrogen-bond donors (Lipinski definition) is 0. The lowest BCUT2D eigenvalue weighted by Gasteiger charge is -2.31. The van der Waals surface area contributed by atoms with Gasteiger partial charge in [-0.3, -0.25) is 4.79 Å². The summed E-state index contributed by atoms with van der Waals surface area (Å²) in [7, 11) is 0. The van der Waals surface area contributed by atoms with E-state index in [4.69, 9.17) is 16.1 Å². The predicted molar refractivity (Wildman–Crippen MR) is 126 cm³/mol. The summed E-state index contributed by atoms with van der Waals surface area (Å²) < 4.78 is 49.3. The van der Waals surface area contributed by atoms with Crippen LogP contribution in [0.2, 0.25) is 5.02 Å². The lowest BCUT2D eigenvalue weighted by atomic mass is 9.95. The van der Waals surface area contributed by atoms with Gasteiger partial charge in [0.15, 0.2) is 5.82 Å². The van der Waals surface area contributed by atoms with E-state index < -0.39 is 17.8 Å². The maximum Gasteiger partial charge on any atom is 0.431 e. The van der Waals surface area contributed by atoms with E-state index in [1.807, 2.05) is 13.8 Å². The molecule has 1 saturated heterocycles. The summed E-state index contributed by atoms with van der Waals surface area (Å²) in [5.41, 5.74) is 0.155. The van der Waals surface area contributed by atoms with Gasteiger partial charge in [0.25, 0.3) is 5.91 Å². The van der Waals surface area contributed by atoms with Crippen LogP contribution in [-0.2, 0) is 12.7 Å². The highest BCUT2D eigenvalue weighted by molar-refractivity contribution is 6.30. The van der Waals surface area contributed by atoms with Crippen molar-refractivity contribution in [3.8, 4) is 11.1 Å². The fourth-order valence-electron chi connectivity index (χ4n) is 4.81. The third-order valence-corrected chi connectivity index (χ3v) is 6.59. The molecular formula is C25H28ClF3N4O2. The zero-order valence-corrected chi connectivity index (χ0v) is 20.9. The molecule has 3 aromatic rings. The number of nitrogens with zero attached hydrogens (tertiary/aromatic N) is 4. The van der Waals surface area contributed by atoms with Crippen molar-refractivity contribution < 1.29 is 22.5 Å². The van der Waals surface area contributed by atoms with Gasteiger partial charge >= 0.3 is 6.18 Å². The van der Waals surface area contributed by atoms with Crippen molar-refractivity contribution in [2.24, 2.45) is 5.92 Å². The Bertz CT molecular complexity index is 1210. The fraction of sp³-hybridized carbons (Fsp3) is 0.480. The summed E-state index contributed by atoms with van der Waals surface area (Å²) in [4.78, 5) is 19.8. The van der Waals surface area contributed by atoms with Crippen LogP contribution in [0, 0.1) is 19.8 Å². The van der Waals surface area contributed by atoms with Crippen LogP contribution in [0.3, 0.4) is 0 Å². The van der Waals surface area contributed by atoms with E-state index in [-0.39, 0.29) is 29.6 Å². The lowest BCUT2D eigenvalue weighted by molar-refractivity contribution is -0.144. The Labute approximate surface area is 207 Å². The standard InChI is InChI=1S/C25H28ClF3N4O2/c1-14(2)13-33-21(24(34)32-11-9-18(10-12-32)23-30-16(4)31-35-23)20(15(3)22(33)25(27,28)29)17-5-7-19(26)8-6-17/h5-8,14,18H,9-13H2,1-4H3. The van der Waals surface area contributed by atoms with Gasteiger partial charge in [-0.2, -0.15) is 18.2 Å². The third kappa shape index (κ3) is 5.10. The number of hydrogen-bond acceptors (Lipinski definition) is 4. The third-order valence-electron chi connectivity index (χ3n) is 6.33. The molecule has 10 heteroatoms. The van der Waals surface area contributed by atoms with Gasteiger partial charge in [0.2, 0.25) is 5.89 Å². The number of aryl methyl sites for hydroxylation is 1. The number of aromatic nitrogens is 3. The van der Waals surface area contributed by atoms with Gasteiger partial charge in [-0.1, -0.05) is 42.7 Å². The Morgan fingerprint density at radius 1 is 1.17 bits per heavy atom. The molecule has 1 amide bonds. The topological polar surface area (TPSA) is 64.2 Å². The van der Waals surface area contributed by atoms with Crippen LogP contribution >= 0.6 is 11.6 Å². The summed E-state index contributed by atoms with van der Waals surface area (Å²) in [6.45, 7) is 7.70. The van der Waals surface area contributed by atoms with Crippen LogP contribution in [0.25, 0.3) is 11.1 Å². The summed E-state index contributed by atoms with van der Waals surface area (Å²) in [6, 6.07) is 6.56. The summed E-state index contributed by atoms with van der Waals surface area (Å²) in [5.74, 6) is 0.599. The Morgan fingerprint density at radius 3 is 2.31 bits per heavy atom. The van der Waals surface area contributed by atoms with Crippen molar-refractivity contribution in [3.05, 3.63) is 58.0 Å². The highest BCUT2D eigenvalue weighted by atomic mass is 35.5. The maximum absolute atomic E-state index is 14.3. The van der Waals surface area contributed by atoms with Crippen LogP contribution in [-0.4, -0.2) is 38.6 Å². The monoisotopic (exact) mass is 508 g/mol. The number of alkyl halides is 3. The van der Waals surface area contributed by atoms with E-state index in [0.717, 1.165) is 0 Å². The molecule has 6 nitrogen and oxygen atoms in total. The number of piperidine rings is 1. The Hall–Kier alpha value is -2.81. The molecule has 188 valence electrons. The smallest absolute Gasteiger partial charge is 0.339 e. The van der Waals surface area contributed by atoms with E-state index in [0.29, 0.717) is 53.8 Å². The summed E-state index contributed by atoms with van der Waals surface area (Å²) >= 11 is 6.03. The predicted octanol–water partition coefficient (Wildman–Crippen LogP) is 6.50. The molecule has 0 aliphatic carbocycles. The van der Waals surface area contributed by atoms with Gasteiger partial charge in [-0.25, -0.2) is 0 Å². The first-order valence-corrected chi connectivity index (χ1v) is 12.0. The zero-order valence-electron chi connectivity index (χ0n) is 20.1. The molecule has 0 unspecified atom stereocenters. The zero-order chi connectivity index (χ0) is 25.5. The minimum absolute atomic E-state index is 0.0194. The molecule has 1 fully saturated rings. The molecule has 0 atom stereocenters. The van der Waals surface area contributed by atoms with E-state index in [1.54, 1.807) is 36.1 Å². The SMILES string of the molecule is Cc1noc(C2CCN(C(=O)c3c(-c4ccc(Cl)cc4)c(C)c(C(F)(F)F)n3CC(C)C)CC2)n1. The van der Waals surface area contributed by atoms with Crippen molar-refractivity contribution >= 4 is 17.5 Å². The Morgan fingerprint density at radius 2 is 1.80 bits per heavy atom. The van der Waals surface area contributed by atoms with Crippen molar-refractivity contribution in [2.45, 2.75) is 59.2 Å². The molecule has 0 spiro atoms. The van der Waals surface area contributed by atoms with E-state index in [9.17, 15) is 18.0 Å². The summed E-state index contributed by atoms with van der Waals surface area (Å²) in [5, 5.41) is 4.30. The van der Waals surface area contributed by atoms with Gasteiger partial charge in [0, 0.05) is 36.1 Å². The van der Waals surface area contributed by atoms with Gasteiger partial charge in [0.05, 0.1) is 0 Å². The molecule has 0 saturated carbocycles. The molecule has 1 aliphatic rings. The van der Waals surface area contributed by atoms with Gasteiger partial charge in [0.1, 0.15) is 11.4 Å². The first-order valence-electron chi connectivity index (χ1n) is 11.6. The minimum atomic E-state index is -4.61. The van der Waals surface area contributed by atoms with E-state index in [1.165, 1.54) is 11.5 Å². The molecule has 2 aromatic heterocycles. The molecule has 0 bridgehead atoms. The molecule has 1 aromatic carbocycles. The van der Waals surface area contributed by atoms with Gasteiger partial charge in [-0.05, 0) is 55.9 Å². The first kappa shape index (κ1) is 25.3. The second kappa shape index (κ2) is 9.68. The average molecular weight is 509 g/mol. The van der Waals surface area contributed by atoms with Gasteiger partial charge in [-0.15, -0.1) is 0 Å². The fourth-order valence-corrected chi connectivity index (χ4v) is 4.93. The highest BCUT2D eigenvalue weighted by Crippen LogP contribution is 2.42. The molecule has 1 aliphatic heterocycles. The number of halogens is 4. The number of rotatable bonds is 5. The highest BCUT2D eigenvalue weighted by Gasteiger charge is 2.42. The summed E-state index contributed by atoms with van der Waals surface area (Å²) in [6.07, 6.45) is -3.42. The van der Waals surface area contributed by atoms with Crippen molar-refractivity contribution in [2.75, 3.05) is 13.1 Å². The average Bonchev–Trinajstić information content (AvgIpc) is 3.34. The second-order valence-corrected chi connectivity index (χ2v) is 9.89. The normalized spacial score (nSPS) is 15.3. The number of likely N-dealkylation sites (tertiary alicyclic amines) is 1. The molecular weight excluding hydrogens is 481 g/mol. The number of benzene rings is 1.